The van der Waals surface area contributed by atoms with Gasteiger partial charge in [-0.25, -0.2) is 9.13 Å². The Morgan fingerprint density at radius 2 is 2.36 bits per heavy atom. The number of imidazole rings is 1. The molecule has 3 nitrogen and oxygen atoms in total. The van der Waals surface area contributed by atoms with Crippen LogP contribution in [0.1, 0.15) is 12.7 Å². The molecular formula is C8H15N2O+. The molecule has 0 bridgehead atoms. The van der Waals surface area contributed by atoms with Crippen molar-refractivity contribution in [3.8, 4) is 0 Å². The van der Waals surface area contributed by atoms with Crippen molar-refractivity contribution >= 4 is 0 Å². The number of ether oxygens (including phenoxy) is 1. The van der Waals surface area contributed by atoms with Crippen molar-refractivity contribution in [1.29, 1.82) is 0 Å². The summed E-state index contributed by atoms with van der Waals surface area (Å²) in [5.41, 5.74) is 0. The number of hydrogen-bond acceptors (Lipinski definition) is 1. The quantitative estimate of drug-likeness (QED) is 0.577. The smallest absolute Gasteiger partial charge is 0.282 e. The summed E-state index contributed by atoms with van der Waals surface area (Å²) in [7, 11) is 4.04. The summed E-state index contributed by atoms with van der Waals surface area (Å²) >= 11 is 0. The Morgan fingerprint density at radius 3 is 2.82 bits per heavy atom. The fourth-order valence-electron chi connectivity index (χ4n) is 1.02. The molecule has 0 aliphatic heterocycles. The second kappa shape index (κ2) is 3.53. The molecule has 0 amide bonds. The van der Waals surface area contributed by atoms with Crippen molar-refractivity contribution < 1.29 is 9.30 Å². The molecule has 0 unspecified atom stereocenters. The first-order chi connectivity index (χ1) is 5.25. The maximum atomic E-state index is 5.30. The van der Waals surface area contributed by atoms with Crippen molar-refractivity contribution in [2.24, 2.45) is 14.1 Å². The van der Waals surface area contributed by atoms with Gasteiger partial charge >= 0.3 is 0 Å². The van der Waals surface area contributed by atoms with E-state index in [1.54, 1.807) is 0 Å². The standard InChI is InChI=1S/C8H15N2O/c1-4-11-7-8-9(2)5-6-10(8)3/h5-6H,4,7H2,1-3H3/q+1. The highest BCUT2D eigenvalue weighted by molar-refractivity contribution is 4.78. The van der Waals surface area contributed by atoms with E-state index in [0.717, 1.165) is 6.61 Å². The Kier molecular flexibility index (Phi) is 2.65. The van der Waals surface area contributed by atoms with Gasteiger partial charge in [0, 0.05) is 6.61 Å². The van der Waals surface area contributed by atoms with Gasteiger partial charge in [-0.05, 0) is 6.92 Å². The number of hydrogen-bond donors (Lipinski definition) is 0. The zero-order valence-corrected chi connectivity index (χ0v) is 7.37. The van der Waals surface area contributed by atoms with Gasteiger partial charge in [0.2, 0.25) is 0 Å². The first-order valence-electron chi connectivity index (χ1n) is 3.83. The minimum Gasteiger partial charge on any atom is -0.369 e. The Bertz CT molecular complexity index is 210. The van der Waals surface area contributed by atoms with Crippen molar-refractivity contribution in [2.75, 3.05) is 6.61 Å². The van der Waals surface area contributed by atoms with E-state index >= 15 is 0 Å². The minimum absolute atomic E-state index is 0.691. The monoisotopic (exact) mass is 155 g/mol. The van der Waals surface area contributed by atoms with Crippen LogP contribution in [0.4, 0.5) is 0 Å². The lowest BCUT2D eigenvalue weighted by Gasteiger charge is -1.97. The molecule has 1 heterocycles. The van der Waals surface area contributed by atoms with Crippen molar-refractivity contribution in [1.82, 2.24) is 4.57 Å². The molecule has 11 heavy (non-hydrogen) atoms. The van der Waals surface area contributed by atoms with Gasteiger partial charge in [0.25, 0.3) is 5.82 Å². The van der Waals surface area contributed by atoms with Gasteiger partial charge in [-0.15, -0.1) is 0 Å². The molecule has 3 heteroatoms. The number of aromatic nitrogens is 2. The SMILES string of the molecule is CCOCc1n(C)cc[n+]1C. The highest BCUT2D eigenvalue weighted by Crippen LogP contribution is 1.93. The van der Waals surface area contributed by atoms with Crippen LogP contribution in [0, 0.1) is 0 Å². The van der Waals surface area contributed by atoms with Crippen molar-refractivity contribution in [3.63, 3.8) is 0 Å². The Labute approximate surface area is 67.2 Å². The highest BCUT2D eigenvalue weighted by Gasteiger charge is 2.09. The zero-order valence-electron chi connectivity index (χ0n) is 7.37. The number of nitrogens with zero attached hydrogens (tertiary/aromatic N) is 2. The summed E-state index contributed by atoms with van der Waals surface area (Å²) in [6.45, 7) is 3.46. The Balaban J connectivity index is 2.67. The maximum absolute atomic E-state index is 5.30. The molecule has 1 aromatic rings. The third-order valence-electron chi connectivity index (χ3n) is 1.76. The van der Waals surface area contributed by atoms with Gasteiger partial charge in [0.1, 0.15) is 19.0 Å². The lowest BCUT2D eigenvalue weighted by molar-refractivity contribution is -0.680. The Morgan fingerprint density at radius 1 is 1.64 bits per heavy atom. The average Bonchev–Trinajstić information content (AvgIpc) is 2.29. The van der Waals surface area contributed by atoms with E-state index < -0.39 is 0 Å². The van der Waals surface area contributed by atoms with E-state index in [2.05, 4.69) is 9.13 Å². The molecule has 0 atom stereocenters. The van der Waals surface area contributed by atoms with Gasteiger partial charge in [0.05, 0.1) is 14.1 Å². The predicted octanol–water partition coefficient (Wildman–Crippen LogP) is 0.386. The topological polar surface area (TPSA) is 18.0 Å². The normalized spacial score (nSPS) is 10.5. The molecular weight excluding hydrogens is 140 g/mol. The summed E-state index contributed by atoms with van der Waals surface area (Å²) < 4.78 is 9.43. The largest absolute Gasteiger partial charge is 0.369 e. The second-order valence-corrected chi connectivity index (χ2v) is 2.57. The molecule has 0 radical (unpaired) electrons. The van der Waals surface area contributed by atoms with Crippen LogP contribution in [0.15, 0.2) is 12.4 Å². The van der Waals surface area contributed by atoms with E-state index in [1.807, 2.05) is 33.4 Å². The van der Waals surface area contributed by atoms with Gasteiger partial charge in [0.15, 0.2) is 0 Å². The molecule has 0 N–H and O–H groups in total. The van der Waals surface area contributed by atoms with E-state index in [0.29, 0.717) is 6.61 Å². The Hall–Kier alpha value is -0.830. The molecule has 0 fully saturated rings. The second-order valence-electron chi connectivity index (χ2n) is 2.57. The predicted molar refractivity (Wildman–Crippen MR) is 41.9 cm³/mol. The summed E-state index contributed by atoms with van der Waals surface area (Å²) in [5, 5.41) is 0. The third kappa shape index (κ3) is 1.80. The van der Waals surface area contributed by atoms with Gasteiger partial charge < -0.3 is 4.74 Å². The van der Waals surface area contributed by atoms with Crippen LogP contribution in [0.25, 0.3) is 0 Å². The molecule has 0 aliphatic rings. The van der Waals surface area contributed by atoms with Crippen molar-refractivity contribution in [3.05, 3.63) is 18.2 Å². The van der Waals surface area contributed by atoms with E-state index in [-0.39, 0.29) is 0 Å². The molecule has 62 valence electrons. The molecule has 0 aromatic carbocycles. The molecule has 1 rings (SSSR count). The van der Waals surface area contributed by atoms with Crippen molar-refractivity contribution in [2.45, 2.75) is 13.5 Å². The maximum Gasteiger partial charge on any atom is 0.282 e. The fourth-order valence-corrected chi connectivity index (χ4v) is 1.02. The van der Waals surface area contributed by atoms with E-state index in [1.165, 1.54) is 5.82 Å². The molecule has 0 saturated heterocycles. The summed E-state index contributed by atoms with van der Waals surface area (Å²) in [4.78, 5) is 0. The lowest BCUT2D eigenvalue weighted by atomic mass is 10.6. The van der Waals surface area contributed by atoms with Gasteiger partial charge in [-0.1, -0.05) is 0 Å². The van der Waals surface area contributed by atoms with E-state index in [9.17, 15) is 0 Å². The van der Waals surface area contributed by atoms with Crippen LogP contribution in [0.5, 0.6) is 0 Å². The number of rotatable bonds is 3. The van der Waals surface area contributed by atoms with Crippen LogP contribution in [0.2, 0.25) is 0 Å². The van der Waals surface area contributed by atoms with Gasteiger partial charge in [-0.2, -0.15) is 0 Å². The van der Waals surface area contributed by atoms with Crippen LogP contribution in [-0.4, -0.2) is 11.2 Å². The van der Waals surface area contributed by atoms with Crippen LogP contribution < -0.4 is 4.57 Å². The zero-order chi connectivity index (χ0) is 8.27. The fraction of sp³-hybridized carbons (Fsp3) is 0.625. The van der Waals surface area contributed by atoms with Gasteiger partial charge in [-0.3, -0.25) is 0 Å². The lowest BCUT2D eigenvalue weighted by Crippen LogP contribution is -2.32. The number of aryl methyl sites for hydroxylation is 2. The van der Waals surface area contributed by atoms with E-state index in [4.69, 9.17) is 4.74 Å². The van der Waals surface area contributed by atoms with Crippen LogP contribution in [-0.2, 0) is 25.4 Å². The molecule has 0 spiro atoms. The summed E-state index contributed by atoms with van der Waals surface area (Å²) in [6.07, 6.45) is 4.04. The molecule has 1 aromatic heterocycles. The first kappa shape index (κ1) is 8.27. The van der Waals surface area contributed by atoms with Crippen LogP contribution >= 0.6 is 0 Å². The van der Waals surface area contributed by atoms with Crippen LogP contribution in [0.3, 0.4) is 0 Å². The summed E-state index contributed by atoms with van der Waals surface area (Å²) in [5.74, 6) is 1.19. The molecule has 0 aliphatic carbocycles. The third-order valence-corrected chi connectivity index (χ3v) is 1.76. The molecule has 0 saturated carbocycles. The summed E-state index contributed by atoms with van der Waals surface area (Å²) in [6, 6.07) is 0. The highest BCUT2D eigenvalue weighted by atomic mass is 16.5. The first-order valence-corrected chi connectivity index (χ1v) is 3.83. The minimum atomic E-state index is 0.691. The average molecular weight is 155 g/mol.